The summed E-state index contributed by atoms with van der Waals surface area (Å²) in [6, 6.07) is 10.8. The van der Waals surface area contributed by atoms with Crippen molar-refractivity contribution in [2.75, 3.05) is 6.79 Å². The Morgan fingerprint density at radius 1 is 1.10 bits per heavy atom. The Morgan fingerprint density at radius 2 is 1.79 bits per heavy atom. The molecule has 7 heteroatoms. The van der Waals surface area contributed by atoms with Crippen LogP contribution in [0.2, 0.25) is 0 Å². The van der Waals surface area contributed by atoms with Gasteiger partial charge in [0.1, 0.15) is 11.9 Å². The van der Waals surface area contributed by atoms with Gasteiger partial charge in [-0.05, 0) is 48.7 Å². The van der Waals surface area contributed by atoms with Gasteiger partial charge in [0.15, 0.2) is 11.5 Å². The minimum Gasteiger partial charge on any atom is -0.454 e. The average Bonchev–Trinajstić information content (AvgIpc) is 3.19. The van der Waals surface area contributed by atoms with Gasteiger partial charge in [-0.2, -0.15) is 0 Å². The monoisotopic (exact) mass is 400 g/mol. The van der Waals surface area contributed by atoms with Crippen molar-refractivity contribution in [1.82, 2.24) is 10.2 Å². The first-order valence-corrected chi connectivity index (χ1v) is 9.68. The van der Waals surface area contributed by atoms with Crippen LogP contribution in [0.5, 0.6) is 11.5 Å². The molecule has 3 rings (SSSR count). The number of nitrogens with zero attached hydrogens (tertiary/aromatic N) is 1. The summed E-state index contributed by atoms with van der Waals surface area (Å²) in [7, 11) is 0. The van der Waals surface area contributed by atoms with E-state index in [4.69, 9.17) is 9.47 Å². The normalized spacial score (nSPS) is 13.1. The Morgan fingerprint density at radius 3 is 2.52 bits per heavy atom. The molecule has 1 aliphatic heterocycles. The molecule has 0 unspecified atom stereocenters. The predicted molar refractivity (Wildman–Crippen MR) is 106 cm³/mol. The Bertz CT molecular complexity index is 870. The van der Waals surface area contributed by atoms with E-state index >= 15 is 0 Å². The minimum absolute atomic E-state index is 0.109. The van der Waals surface area contributed by atoms with E-state index in [0.717, 1.165) is 11.1 Å². The van der Waals surface area contributed by atoms with Crippen molar-refractivity contribution in [1.29, 1.82) is 0 Å². The van der Waals surface area contributed by atoms with Gasteiger partial charge in [0.2, 0.25) is 18.6 Å². The fraction of sp³-hybridized carbons (Fsp3) is 0.364. The van der Waals surface area contributed by atoms with E-state index in [9.17, 15) is 14.0 Å². The number of rotatable bonds is 8. The SMILES string of the molecule is CCCC(=O)N(Cc1ccc(F)cc1)[C@H](C)C(=O)NCc1ccc2c(c1)OCO2. The van der Waals surface area contributed by atoms with Crippen LogP contribution in [0.3, 0.4) is 0 Å². The maximum absolute atomic E-state index is 13.2. The molecule has 0 spiro atoms. The maximum atomic E-state index is 13.2. The van der Waals surface area contributed by atoms with Crippen molar-refractivity contribution in [2.45, 2.75) is 45.8 Å². The van der Waals surface area contributed by atoms with Gasteiger partial charge in [0, 0.05) is 19.5 Å². The third-order valence-corrected chi connectivity index (χ3v) is 4.80. The van der Waals surface area contributed by atoms with Gasteiger partial charge in [0.25, 0.3) is 0 Å². The lowest BCUT2D eigenvalue weighted by molar-refractivity contribution is -0.140. The fourth-order valence-corrected chi connectivity index (χ4v) is 3.11. The lowest BCUT2D eigenvalue weighted by atomic mass is 10.1. The highest BCUT2D eigenvalue weighted by Gasteiger charge is 2.25. The summed E-state index contributed by atoms with van der Waals surface area (Å²) in [5.41, 5.74) is 1.64. The molecule has 1 atom stereocenters. The second-order valence-electron chi connectivity index (χ2n) is 6.98. The highest BCUT2D eigenvalue weighted by Crippen LogP contribution is 2.32. The molecule has 6 nitrogen and oxygen atoms in total. The smallest absolute Gasteiger partial charge is 0.242 e. The van der Waals surface area contributed by atoms with Gasteiger partial charge < -0.3 is 19.7 Å². The largest absolute Gasteiger partial charge is 0.454 e. The number of fused-ring (bicyclic) bond motifs is 1. The Kier molecular flexibility index (Phi) is 6.69. The molecule has 0 fully saturated rings. The minimum atomic E-state index is -0.659. The molecule has 29 heavy (non-hydrogen) atoms. The van der Waals surface area contributed by atoms with Crippen LogP contribution in [-0.2, 0) is 22.7 Å². The van der Waals surface area contributed by atoms with Crippen LogP contribution in [0.25, 0.3) is 0 Å². The first-order valence-electron chi connectivity index (χ1n) is 9.68. The molecular formula is C22H25FN2O4. The van der Waals surface area contributed by atoms with Crippen molar-refractivity contribution in [2.24, 2.45) is 0 Å². The van der Waals surface area contributed by atoms with Crippen molar-refractivity contribution in [3.63, 3.8) is 0 Å². The first kappa shape index (κ1) is 20.6. The number of hydrogen-bond acceptors (Lipinski definition) is 4. The molecule has 0 saturated carbocycles. The van der Waals surface area contributed by atoms with Gasteiger partial charge in [-0.3, -0.25) is 9.59 Å². The number of nitrogens with one attached hydrogen (secondary N) is 1. The molecule has 0 radical (unpaired) electrons. The Hall–Kier alpha value is -3.09. The highest BCUT2D eigenvalue weighted by molar-refractivity contribution is 5.87. The molecule has 0 bridgehead atoms. The van der Waals surface area contributed by atoms with Crippen molar-refractivity contribution in [3.05, 3.63) is 59.4 Å². The van der Waals surface area contributed by atoms with Crippen LogP contribution < -0.4 is 14.8 Å². The second-order valence-corrected chi connectivity index (χ2v) is 6.98. The van der Waals surface area contributed by atoms with Gasteiger partial charge in [-0.15, -0.1) is 0 Å². The number of benzene rings is 2. The van der Waals surface area contributed by atoms with Crippen LogP contribution >= 0.6 is 0 Å². The van der Waals surface area contributed by atoms with Crippen LogP contribution in [0.1, 0.15) is 37.8 Å². The van der Waals surface area contributed by atoms with E-state index in [1.807, 2.05) is 19.1 Å². The number of amides is 2. The Labute approximate surface area is 169 Å². The molecule has 2 aromatic carbocycles. The molecule has 1 aliphatic rings. The number of carbonyl (C=O) groups excluding carboxylic acids is 2. The number of halogens is 1. The summed E-state index contributed by atoms with van der Waals surface area (Å²) in [5.74, 6) is 0.636. The van der Waals surface area contributed by atoms with E-state index in [0.29, 0.717) is 30.9 Å². The van der Waals surface area contributed by atoms with E-state index < -0.39 is 6.04 Å². The zero-order valence-electron chi connectivity index (χ0n) is 16.6. The predicted octanol–water partition coefficient (Wildman–Crippen LogP) is 3.39. The van der Waals surface area contributed by atoms with E-state index in [-0.39, 0.29) is 31.0 Å². The van der Waals surface area contributed by atoms with Crippen molar-refractivity contribution in [3.8, 4) is 11.5 Å². The summed E-state index contributed by atoms with van der Waals surface area (Å²) >= 11 is 0. The average molecular weight is 400 g/mol. The summed E-state index contributed by atoms with van der Waals surface area (Å²) < 4.78 is 23.8. The van der Waals surface area contributed by atoms with Gasteiger partial charge >= 0.3 is 0 Å². The number of carbonyl (C=O) groups is 2. The molecule has 2 amide bonds. The molecule has 0 aromatic heterocycles. The molecule has 1 heterocycles. The number of hydrogen-bond donors (Lipinski definition) is 1. The van der Waals surface area contributed by atoms with Crippen LogP contribution in [-0.4, -0.2) is 29.5 Å². The number of ether oxygens (including phenoxy) is 2. The van der Waals surface area contributed by atoms with Crippen LogP contribution in [0.15, 0.2) is 42.5 Å². The zero-order valence-corrected chi connectivity index (χ0v) is 16.6. The third kappa shape index (κ3) is 5.25. The third-order valence-electron chi connectivity index (χ3n) is 4.80. The van der Waals surface area contributed by atoms with E-state index in [1.54, 1.807) is 25.1 Å². The summed E-state index contributed by atoms with van der Waals surface area (Å²) in [4.78, 5) is 26.9. The highest BCUT2D eigenvalue weighted by atomic mass is 19.1. The molecule has 2 aromatic rings. The van der Waals surface area contributed by atoms with E-state index in [1.165, 1.54) is 17.0 Å². The molecule has 1 N–H and O–H groups in total. The second kappa shape index (κ2) is 9.41. The van der Waals surface area contributed by atoms with Crippen molar-refractivity contribution < 1.29 is 23.5 Å². The molecule has 0 aliphatic carbocycles. The van der Waals surface area contributed by atoms with E-state index in [2.05, 4.69) is 5.32 Å². The Balaban J connectivity index is 1.65. The molecular weight excluding hydrogens is 375 g/mol. The standard InChI is InChI=1S/C22H25FN2O4/c1-3-4-21(26)25(13-16-5-8-18(23)9-6-16)15(2)22(27)24-12-17-7-10-19-20(11-17)29-14-28-19/h5-11,15H,3-4,12-14H2,1-2H3,(H,24,27)/t15-/m1/s1. The quantitative estimate of drug-likeness (QED) is 0.738. The summed E-state index contributed by atoms with van der Waals surface area (Å²) in [6.07, 6.45) is 1.03. The van der Waals surface area contributed by atoms with Crippen LogP contribution in [0, 0.1) is 5.82 Å². The molecule has 0 saturated heterocycles. The van der Waals surface area contributed by atoms with Gasteiger partial charge in [-0.25, -0.2) is 4.39 Å². The lowest BCUT2D eigenvalue weighted by Crippen LogP contribution is -2.47. The van der Waals surface area contributed by atoms with Gasteiger partial charge in [-0.1, -0.05) is 25.1 Å². The topological polar surface area (TPSA) is 67.9 Å². The lowest BCUT2D eigenvalue weighted by Gasteiger charge is -2.28. The van der Waals surface area contributed by atoms with Crippen LogP contribution in [0.4, 0.5) is 4.39 Å². The summed E-state index contributed by atoms with van der Waals surface area (Å²) in [6.45, 7) is 4.37. The fourth-order valence-electron chi connectivity index (χ4n) is 3.11. The first-order chi connectivity index (χ1) is 14.0. The summed E-state index contributed by atoms with van der Waals surface area (Å²) in [5, 5.41) is 2.87. The van der Waals surface area contributed by atoms with Gasteiger partial charge in [0.05, 0.1) is 0 Å². The maximum Gasteiger partial charge on any atom is 0.242 e. The molecule has 154 valence electrons. The van der Waals surface area contributed by atoms with Crippen molar-refractivity contribution >= 4 is 11.8 Å². The zero-order chi connectivity index (χ0) is 20.8.